The van der Waals surface area contributed by atoms with Gasteiger partial charge in [0, 0.05) is 21.9 Å². The molecule has 2 aromatic rings. The lowest BCUT2D eigenvalue weighted by Gasteiger charge is -2.15. The summed E-state index contributed by atoms with van der Waals surface area (Å²) < 4.78 is 0. The lowest BCUT2D eigenvalue weighted by Crippen LogP contribution is -1.89. The van der Waals surface area contributed by atoms with Crippen LogP contribution in [0, 0.1) is 13.8 Å². The minimum Gasteiger partial charge on any atom is -0.504 e. The van der Waals surface area contributed by atoms with Crippen molar-refractivity contribution in [3.8, 4) is 34.5 Å². The van der Waals surface area contributed by atoms with E-state index in [4.69, 9.17) is 0 Å². The van der Waals surface area contributed by atoms with E-state index < -0.39 is 34.5 Å². The molecule has 0 saturated carbocycles. The lowest BCUT2D eigenvalue weighted by atomic mass is 9.96. The summed E-state index contributed by atoms with van der Waals surface area (Å²) in [5.74, 6) is -4.02. The Morgan fingerprint density at radius 2 is 0.722 bits per heavy atom. The summed E-state index contributed by atoms with van der Waals surface area (Å²) in [6.07, 6.45) is 0. The fourth-order valence-corrected chi connectivity index (χ4v) is 2.02. The summed E-state index contributed by atoms with van der Waals surface area (Å²) in [5, 5.41) is 57.7. The first-order chi connectivity index (χ1) is 8.29. The van der Waals surface area contributed by atoms with Gasteiger partial charge in [0.2, 0.25) is 11.5 Å². The number of phenolic OH excluding ortho intramolecular Hbond substituents is 6. The highest BCUT2D eigenvalue weighted by Gasteiger charge is 2.24. The molecule has 0 aliphatic heterocycles. The molecular weight excluding hydrogens is 240 g/mol. The molecule has 2 rings (SSSR count). The van der Waals surface area contributed by atoms with Gasteiger partial charge in [-0.3, -0.25) is 0 Å². The van der Waals surface area contributed by atoms with Gasteiger partial charge in [0.25, 0.3) is 0 Å². The van der Waals surface area contributed by atoms with Crippen LogP contribution in [0.15, 0.2) is 0 Å². The second-order valence-electron chi connectivity index (χ2n) is 4.09. The standard InChI is InChI=1S/C12H12O6/c1-3-5-6(10(16)11(17)7(3)13)4(2)8(14)12(18)9(5)15/h13-18H,1-2H3. The minimum absolute atomic E-state index is 0.0319. The average molecular weight is 252 g/mol. The van der Waals surface area contributed by atoms with Crippen LogP contribution in [0.25, 0.3) is 10.8 Å². The SMILES string of the molecule is Cc1c(O)c(O)c(O)c2c(C)c(O)c(O)c(O)c12. The van der Waals surface area contributed by atoms with Crippen LogP contribution in [-0.4, -0.2) is 30.6 Å². The Morgan fingerprint density at radius 3 is 1.00 bits per heavy atom. The van der Waals surface area contributed by atoms with E-state index in [0.717, 1.165) is 0 Å². The molecule has 0 fully saturated rings. The molecule has 18 heavy (non-hydrogen) atoms. The number of hydrogen-bond donors (Lipinski definition) is 6. The van der Waals surface area contributed by atoms with Gasteiger partial charge in [0.15, 0.2) is 23.0 Å². The summed E-state index contributed by atoms with van der Waals surface area (Å²) in [6.45, 7) is 2.79. The maximum Gasteiger partial charge on any atom is 0.201 e. The second-order valence-corrected chi connectivity index (χ2v) is 4.09. The number of hydrogen-bond acceptors (Lipinski definition) is 6. The summed E-state index contributed by atoms with van der Waals surface area (Å²) >= 11 is 0. The second kappa shape index (κ2) is 3.49. The van der Waals surface area contributed by atoms with E-state index in [1.165, 1.54) is 13.8 Å². The Kier molecular flexibility index (Phi) is 2.32. The first-order valence-electron chi connectivity index (χ1n) is 5.09. The van der Waals surface area contributed by atoms with Crippen molar-refractivity contribution in [2.75, 3.05) is 0 Å². The molecule has 0 aliphatic rings. The maximum absolute atomic E-state index is 9.77. The summed E-state index contributed by atoms with van der Waals surface area (Å²) in [5.41, 5.74) is 0.160. The number of fused-ring (bicyclic) bond motifs is 1. The van der Waals surface area contributed by atoms with Gasteiger partial charge < -0.3 is 30.6 Å². The third kappa shape index (κ3) is 1.22. The Balaban J connectivity index is 3.22. The third-order valence-corrected chi connectivity index (χ3v) is 3.08. The molecule has 2 aromatic carbocycles. The van der Waals surface area contributed by atoms with Crippen molar-refractivity contribution >= 4 is 10.8 Å². The quantitative estimate of drug-likeness (QED) is 0.397. The number of aromatic hydroxyl groups is 6. The van der Waals surface area contributed by atoms with Crippen molar-refractivity contribution in [1.29, 1.82) is 0 Å². The van der Waals surface area contributed by atoms with Crippen molar-refractivity contribution in [1.82, 2.24) is 0 Å². The van der Waals surface area contributed by atoms with Gasteiger partial charge in [-0.15, -0.1) is 0 Å². The molecule has 0 aliphatic carbocycles. The lowest BCUT2D eigenvalue weighted by molar-refractivity contribution is 0.362. The predicted octanol–water partition coefficient (Wildman–Crippen LogP) is 1.69. The van der Waals surface area contributed by atoms with Gasteiger partial charge in [-0.2, -0.15) is 0 Å². The van der Waals surface area contributed by atoms with Crippen LogP contribution in [0.2, 0.25) is 0 Å². The molecule has 0 heterocycles. The first-order valence-corrected chi connectivity index (χ1v) is 5.09. The highest BCUT2D eigenvalue weighted by atomic mass is 16.3. The fourth-order valence-electron chi connectivity index (χ4n) is 2.02. The van der Waals surface area contributed by atoms with Crippen LogP contribution >= 0.6 is 0 Å². The van der Waals surface area contributed by atoms with Crippen molar-refractivity contribution in [2.24, 2.45) is 0 Å². The molecule has 6 N–H and O–H groups in total. The zero-order chi connectivity index (χ0) is 13.8. The molecule has 6 nitrogen and oxygen atoms in total. The molecule has 0 bridgehead atoms. The zero-order valence-electron chi connectivity index (χ0n) is 9.68. The fraction of sp³-hybridized carbons (Fsp3) is 0.167. The van der Waals surface area contributed by atoms with Gasteiger partial charge in [0.1, 0.15) is 0 Å². The van der Waals surface area contributed by atoms with E-state index in [9.17, 15) is 30.6 Å². The van der Waals surface area contributed by atoms with Crippen LogP contribution in [-0.2, 0) is 0 Å². The van der Waals surface area contributed by atoms with E-state index in [2.05, 4.69) is 0 Å². The van der Waals surface area contributed by atoms with Crippen LogP contribution in [0.3, 0.4) is 0 Å². The van der Waals surface area contributed by atoms with Crippen LogP contribution < -0.4 is 0 Å². The zero-order valence-corrected chi connectivity index (χ0v) is 9.68. The van der Waals surface area contributed by atoms with Gasteiger partial charge >= 0.3 is 0 Å². The van der Waals surface area contributed by atoms with Crippen molar-refractivity contribution in [3.05, 3.63) is 11.1 Å². The van der Waals surface area contributed by atoms with Crippen LogP contribution in [0.5, 0.6) is 34.5 Å². The maximum atomic E-state index is 9.77. The van der Waals surface area contributed by atoms with Crippen LogP contribution in [0.4, 0.5) is 0 Å². The smallest absolute Gasteiger partial charge is 0.201 e. The largest absolute Gasteiger partial charge is 0.504 e. The normalized spacial score (nSPS) is 11.0. The van der Waals surface area contributed by atoms with E-state index >= 15 is 0 Å². The average Bonchev–Trinajstić information content (AvgIpc) is 2.35. The first kappa shape index (κ1) is 12.0. The van der Waals surface area contributed by atoms with Gasteiger partial charge in [-0.25, -0.2) is 0 Å². The summed E-state index contributed by atoms with van der Waals surface area (Å²) in [4.78, 5) is 0. The highest BCUT2D eigenvalue weighted by Crippen LogP contribution is 2.53. The summed E-state index contributed by atoms with van der Waals surface area (Å²) in [6, 6.07) is 0. The monoisotopic (exact) mass is 252 g/mol. The Labute approximate surface area is 102 Å². The predicted molar refractivity (Wildman–Crippen MR) is 63.4 cm³/mol. The third-order valence-electron chi connectivity index (χ3n) is 3.08. The number of aryl methyl sites for hydroxylation is 2. The summed E-state index contributed by atoms with van der Waals surface area (Å²) in [7, 11) is 0. The molecule has 0 atom stereocenters. The van der Waals surface area contributed by atoms with Gasteiger partial charge in [0.05, 0.1) is 0 Å². The molecule has 0 unspecified atom stereocenters. The topological polar surface area (TPSA) is 121 Å². The van der Waals surface area contributed by atoms with E-state index in [1.807, 2.05) is 0 Å². The Morgan fingerprint density at radius 1 is 0.444 bits per heavy atom. The number of benzene rings is 2. The Hall–Kier alpha value is -2.50. The van der Waals surface area contributed by atoms with E-state index in [1.54, 1.807) is 0 Å². The van der Waals surface area contributed by atoms with Crippen molar-refractivity contribution in [2.45, 2.75) is 13.8 Å². The number of phenols is 6. The molecule has 6 heteroatoms. The molecule has 96 valence electrons. The number of rotatable bonds is 0. The highest BCUT2D eigenvalue weighted by molar-refractivity contribution is 6.04. The Bertz CT molecular complexity index is 562. The van der Waals surface area contributed by atoms with Gasteiger partial charge in [-0.05, 0) is 13.8 Å². The van der Waals surface area contributed by atoms with E-state index in [0.29, 0.717) is 0 Å². The molecular formula is C12H12O6. The van der Waals surface area contributed by atoms with E-state index in [-0.39, 0.29) is 21.9 Å². The van der Waals surface area contributed by atoms with Crippen LogP contribution in [0.1, 0.15) is 11.1 Å². The van der Waals surface area contributed by atoms with Crippen molar-refractivity contribution < 1.29 is 30.6 Å². The molecule has 0 saturated heterocycles. The molecule has 0 amide bonds. The molecule has 0 aromatic heterocycles. The minimum atomic E-state index is -0.743. The molecule has 0 spiro atoms. The van der Waals surface area contributed by atoms with Gasteiger partial charge in [-0.1, -0.05) is 0 Å². The van der Waals surface area contributed by atoms with Crippen molar-refractivity contribution in [3.63, 3.8) is 0 Å². The molecule has 0 radical (unpaired) electrons.